The Morgan fingerprint density at radius 2 is 2.14 bits per heavy atom. The molecule has 4 heteroatoms. The summed E-state index contributed by atoms with van der Waals surface area (Å²) in [5, 5.41) is 0. The van der Waals surface area contributed by atoms with Crippen LogP contribution in [0.5, 0.6) is 5.75 Å². The molecule has 2 aromatic rings. The van der Waals surface area contributed by atoms with Crippen molar-refractivity contribution in [2.24, 2.45) is 0 Å². The number of halogens is 1. The number of esters is 1. The summed E-state index contributed by atoms with van der Waals surface area (Å²) in [5.41, 5.74) is 0.797. The molecule has 0 aliphatic heterocycles. The Bertz CT molecular complexity index is 659. The molecule has 0 aliphatic carbocycles. The van der Waals surface area contributed by atoms with Gasteiger partial charge >= 0.3 is 5.97 Å². The number of benzene rings is 1. The molecule has 0 amide bonds. The summed E-state index contributed by atoms with van der Waals surface area (Å²) in [6, 6.07) is 8.73. The first-order valence-corrected chi connectivity index (χ1v) is 7.68. The standard InChI is InChI=1S/C17H17FO2S/c1-3-5-13-8-10-16(21-13)12-7-9-15(14(18)11-12)20-17(19)6-4-2/h4,6-11H,3,5H2,1-2H3/b6-4+. The Labute approximate surface area is 127 Å². The van der Waals surface area contributed by atoms with E-state index >= 15 is 0 Å². The van der Waals surface area contributed by atoms with Gasteiger partial charge in [0.25, 0.3) is 0 Å². The summed E-state index contributed by atoms with van der Waals surface area (Å²) >= 11 is 1.66. The maximum Gasteiger partial charge on any atom is 0.335 e. The number of ether oxygens (including phenoxy) is 1. The van der Waals surface area contributed by atoms with Crippen molar-refractivity contribution >= 4 is 17.3 Å². The lowest BCUT2D eigenvalue weighted by Crippen LogP contribution is -2.05. The molecule has 21 heavy (non-hydrogen) atoms. The lowest BCUT2D eigenvalue weighted by molar-refractivity contribution is -0.129. The minimum atomic E-state index is -0.578. The van der Waals surface area contributed by atoms with E-state index in [2.05, 4.69) is 13.0 Å². The summed E-state index contributed by atoms with van der Waals surface area (Å²) < 4.78 is 18.9. The molecule has 0 N–H and O–H groups in total. The smallest absolute Gasteiger partial charge is 0.335 e. The molecule has 0 spiro atoms. The van der Waals surface area contributed by atoms with Gasteiger partial charge < -0.3 is 4.74 Å². The number of hydrogen-bond donors (Lipinski definition) is 0. The van der Waals surface area contributed by atoms with Gasteiger partial charge in [-0.05, 0) is 49.2 Å². The molecule has 0 bridgehead atoms. The predicted molar refractivity (Wildman–Crippen MR) is 84.2 cm³/mol. The van der Waals surface area contributed by atoms with Crippen LogP contribution in [0.25, 0.3) is 10.4 Å². The van der Waals surface area contributed by atoms with Crippen LogP contribution < -0.4 is 4.74 Å². The van der Waals surface area contributed by atoms with Crippen LogP contribution in [0.4, 0.5) is 4.39 Å². The second-order valence-electron chi connectivity index (χ2n) is 4.58. The quantitative estimate of drug-likeness (QED) is 0.442. The largest absolute Gasteiger partial charge is 0.420 e. The molecule has 1 heterocycles. The molecule has 0 aliphatic rings. The fourth-order valence-corrected chi connectivity index (χ4v) is 3.03. The molecule has 0 atom stereocenters. The van der Waals surface area contributed by atoms with E-state index in [1.54, 1.807) is 30.4 Å². The minimum absolute atomic E-state index is 0.0489. The van der Waals surface area contributed by atoms with Crippen molar-refractivity contribution < 1.29 is 13.9 Å². The molecular weight excluding hydrogens is 287 g/mol. The summed E-state index contributed by atoms with van der Waals surface area (Å²) in [6.07, 6.45) is 4.93. The fraction of sp³-hybridized carbons (Fsp3) is 0.235. The van der Waals surface area contributed by atoms with Gasteiger partial charge in [0.15, 0.2) is 11.6 Å². The zero-order valence-electron chi connectivity index (χ0n) is 12.1. The fourth-order valence-electron chi connectivity index (χ4n) is 1.93. The maximum atomic E-state index is 14.0. The molecule has 0 radical (unpaired) electrons. The van der Waals surface area contributed by atoms with Crippen LogP contribution in [0.3, 0.4) is 0 Å². The van der Waals surface area contributed by atoms with Crippen molar-refractivity contribution in [2.75, 3.05) is 0 Å². The number of hydrogen-bond acceptors (Lipinski definition) is 3. The van der Waals surface area contributed by atoms with E-state index in [1.165, 1.54) is 23.1 Å². The highest BCUT2D eigenvalue weighted by molar-refractivity contribution is 7.15. The van der Waals surface area contributed by atoms with Gasteiger partial charge in [-0.3, -0.25) is 0 Å². The second-order valence-corrected chi connectivity index (χ2v) is 5.75. The molecule has 0 unspecified atom stereocenters. The van der Waals surface area contributed by atoms with Crippen molar-refractivity contribution in [1.82, 2.24) is 0 Å². The third kappa shape index (κ3) is 4.02. The van der Waals surface area contributed by atoms with Crippen molar-refractivity contribution in [3.05, 3.63) is 53.2 Å². The van der Waals surface area contributed by atoms with Gasteiger partial charge in [0, 0.05) is 15.8 Å². The topological polar surface area (TPSA) is 26.3 Å². The highest BCUT2D eigenvalue weighted by atomic mass is 32.1. The van der Waals surface area contributed by atoms with E-state index in [-0.39, 0.29) is 5.75 Å². The van der Waals surface area contributed by atoms with Crippen molar-refractivity contribution in [3.63, 3.8) is 0 Å². The van der Waals surface area contributed by atoms with E-state index in [0.717, 1.165) is 23.3 Å². The molecule has 0 saturated carbocycles. The van der Waals surface area contributed by atoms with Gasteiger partial charge in [0.1, 0.15) is 0 Å². The lowest BCUT2D eigenvalue weighted by atomic mass is 10.1. The lowest BCUT2D eigenvalue weighted by Gasteiger charge is -2.04. The number of thiophene rings is 1. The van der Waals surface area contributed by atoms with Crippen LogP contribution >= 0.6 is 11.3 Å². The van der Waals surface area contributed by atoms with Crippen LogP contribution in [0.1, 0.15) is 25.1 Å². The van der Waals surface area contributed by atoms with Crippen molar-refractivity contribution in [3.8, 4) is 16.2 Å². The van der Waals surface area contributed by atoms with Gasteiger partial charge in [-0.2, -0.15) is 0 Å². The van der Waals surface area contributed by atoms with E-state index in [4.69, 9.17) is 4.74 Å². The summed E-state index contributed by atoms with van der Waals surface area (Å²) in [6.45, 7) is 3.83. The van der Waals surface area contributed by atoms with E-state index < -0.39 is 11.8 Å². The van der Waals surface area contributed by atoms with Crippen LogP contribution in [-0.2, 0) is 11.2 Å². The van der Waals surface area contributed by atoms with Crippen molar-refractivity contribution in [1.29, 1.82) is 0 Å². The number of rotatable bonds is 5. The summed E-state index contributed by atoms with van der Waals surface area (Å²) in [7, 11) is 0. The van der Waals surface area contributed by atoms with E-state index in [0.29, 0.717) is 0 Å². The summed E-state index contributed by atoms with van der Waals surface area (Å²) in [4.78, 5) is 13.6. The Morgan fingerprint density at radius 3 is 2.81 bits per heavy atom. The second kappa shape index (κ2) is 7.18. The Hall–Kier alpha value is -1.94. The Kier molecular flexibility index (Phi) is 5.28. The molecule has 1 aromatic carbocycles. The van der Waals surface area contributed by atoms with Crippen LogP contribution in [0.15, 0.2) is 42.5 Å². The molecule has 2 nitrogen and oxygen atoms in total. The summed E-state index contributed by atoms with van der Waals surface area (Å²) in [5.74, 6) is -1.16. The first-order valence-electron chi connectivity index (χ1n) is 6.87. The monoisotopic (exact) mass is 304 g/mol. The molecule has 110 valence electrons. The normalized spacial score (nSPS) is 11.0. The Balaban J connectivity index is 2.19. The number of carbonyl (C=O) groups is 1. The molecule has 1 aromatic heterocycles. The number of carbonyl (C=O) groups excluding carboxylic acids is 1. The number of allylic oxidation sites excluding steroid dienone is 1. The third-order valence-electron chi connectivity index (χ3n) is 2.89. The van der Waals surface area contributed by atoms with Gasteiger partial charge in [0.2, 0.25) is 0 Å². The molecule has 0 saturated heterocycles. The molecular formula is C17H17FO2S. The van der Waals surface area contributed by atoms with Gasteiger partial charge in [-0.25, -0.2) is 9.18 Å². The van der Waals surface area contributed by atoms with Crippen LogP contribution in [-0.4, -0.2) is 5.97 Å². The maximum absolute atomic E-state index is 14.0. The third-order valence-corrected chi connectivity index (χ3v) is 4.08. The van der Waals surface area contributed by atoms with Gasteiger partial charge in [0.05, 0.1) is 0 Å². The van der Waals surface area contributed by atoms with Crippen LogP contribution in [0, 0.1) is 5.82 Å². The zero-order valence-corrected chi connectivity index (χ0v) is 12.9. The highest BCUT2D eigenvalue weighted by Gasteiger charge is 2.10. The van der Waals surface area contributed by atoms with Gasteiger partial charge in [-0.15, -0.1) is 11.3 Å². The van der Waals surface area contributed by atoms with E-state index in [9.17, 15) is 9.18 Å². The SMILES string of the molecule is C/C=C/C(=O)Oc1ccc(-c2ccc(CCC)s2)cc1F. The average molecular weight is 304 g/mol. The first-order chi connectivity index (χ1) is 10.1. The average Bonchev–Trinajstić information content (AvgIpc) is 2.90. The minimum Gasteiger partial charge on any atom is -0.420 e. The Morgan fingerprint density at radius 1 is 1.33 bits per heavy atom. The van der Waals surface area contributed by atoms with Crippen LogP contribution in [0.2, 0.25) is 0 Å². The number of aryl methyl sites for hydroxylation is 1. The van der Waals surface area contributed by atoms with Crippen molar-refractivity contribution in [2.45, 2.75) is 26.7 Å². The predicted octanol–water partition coefficient (Wildman–Crippen LogP) is 4.99. The highest BCUT2D eigenvalue weighted by Crippen LogP contribution is 2.31. The van der Waals surface area contributed by atoms with E-state index in [1.807, 2.05) is 6.07 Å². The van der Waals surface area contributed by atoms with Gasteiger partial charge in [-0.1, -0.05) is 19.4 Å². The molecule has 2 rings (SSSR count). The zero-order chi connectivity index (χ0) is 15.2. The first kappa shape index (κ1) is 15.4. The molecule has 0 fully saturated rings.